The number of nitrogens with zero attached hydrogens (tertiary/aromatic N) is 1. The Morgan fingerprint density at radius 2 is 1.93 bits per heavy atom. The molecular formula is C22H29N3O4. The third kappa shape index (κ3) is 5.16. The van der Waals surface area contributed by atoms with Crippen LogP contribution in [0.3, 0.4) is 0 Å². The minimum absolute atomic E-state index is 0.197. The number of hydrogen-bond donors (Lipinski definition) is 2. The minimum atomic E-state index is -0.554. The fourth-order valence-electron chi connectivity index (χ4n) is 4.03. The SMILES string of the molecule is CCOC(=O)CC1(NC(=O)Nc2ccc3nc(C)cc(OC)c3c2)CCCCC1. The van der Waals surface area contributed by atoms with Crippen molar-refractivity contribution in [2.75, 3.05) is 19.0 Å². The molecule has 0 aliphatic heterocycles. The first kappa shape index (κ1) is 20.9. The van der Waals surface area contributed by atoms with E-state index in [1.54, 1.807) is 14.0 Å². The predicted molar refractivity (Wildman–Crippen MR) is 112 cm³/mol. The van der Waals surface area contributed by atoms with Gasteiger partial charge in [-0.05, 0) is 44.9 Å². The van der Waals surface area contributed by atoms with Gasteiger partial charge in [0.05, 0.1) is 31.2 Å². The third-order valence-corrected chi connectivity index (χ3v) is 5.35. The van der Waals surface area contributed by atoms with E-state index in [2.05, 4.69) is 15.6 Å². The summed E-state index contributed by atoms with van der Waals surface area (Å²) < 4.78 is 10.6. The predicted octanol–water partition coefficient (Wildman–Crippen LogP) is 4.33. The number of carbonyl (C=O) groups is 2. The second-order valence-electron chi connectivity index (χ2n) is 7.60. The number of hydrogen-bond acceptors (Lipinski definition) is 5. The van der Waals surface area contributed by atoms with Gasteiger partial charge in [-0.2, -0.15) is 0 Å². The molecule has 1 fully saturated rings. The number of anilines is 1. The number of urea groups is 1. The molecule has 0 spiro atoms. The molecule has 0 radical (unpaired) electrons. The van der Waals surface area contributed by atoms with Crippen molar-refractivity contribution in [1.82, 2.24) is 10.3 Å². The maximum absolute atomic E-state index is 12.7. The highest BCUT2D eigenvalue weighted by Gasteiger charge is 2.36. The lowest BCUT2D eigenvalue weighted by molar-refractivity contribution is -0.145. The summed E-state index contributed by atoms with van der Waals surface area (Å²) in [4.78, 5) is 29.3. The van der Waals surface area contributed by atoms with E-state index in [9.17, 15) is 9.59 Å². The number of ether oxygens (including phenoxy) is 2. The second-order valence-corrected chi connectivity index (χ2v) is 7.60. The molecule has 1 aliphatic rings. The van der Waals surface area contributed by atoms with Gasteiger partial charge in [0.2, 0.25) is 0 Å². The van der Waals surface area contributed by atoms with Crippen molar-refractivity contribution >= 4 is 28.6 Å². The molecule has 29 heavy (non-hydrogen) atoms. The van der Waals surface area contributed by atoms with Crippen molar-refractivity contribution in [2.45, 2.75) is 57.9 Å². The summed E-state index contributed by atoms with van der Waals surface area (Å²) >= 11 is 0. The Balaban J connectivity index is 1.76. The van der Waals surface area contributed by atoms with Crippen LogP contribution in [0.25, 0.3) is 10.9 Å². The first-order valence-electron chi connectivity index (χ1n) is 10.1. The normalized spacial score (nSPS) is 15.6. The molecule has 7 nitrogen and oxygen atoms in total. The van der Waals surface area contributed by atoms with Crippen molar-refractivity contribution in [3.8, 4) is 5.75 Å². The average molecular weight is 399 g/mol. The Kier molecular flexibility index (Phi) is 6.56. The Labute approximate surface area is 171 Å². The van der Waals surface area contributed by atoms with Gasteiger partial charge in [0.15, 0.2) is 0 Å². The highest BCUT2D eigenvalue weighted by atomic mass is 16.5. The van der Waals surface area contributed by atoms with Crippen LogP contribution in [-0.2, 0) is 9.53 Å². The van der Waals surface area contributed by atoms with Crippen LogP contribution in [-0.4, -0.2) is 36.2 Å². The van der Waals surface area contributed by atoms with Crippen molar-refractivity contribution in [1.29, 1.82) is 0 Å². The second kappa shape index (κ2) is 9.11. The van der Waals surface area contributed by atoms with Crippen molar-refractivity contribution < 1.29 is 19.1 Å². The molecule has 156 valence electrons. The molecule has 2 amide bonds. The van der Waals surface area contributed by atoms with Gasteiger partial charge in [-0.25, -0.2) is 4.79 Å². The number of benzene rings is 1. The maximum atomic E-state index is 12.7. The molecule has 0 bridgehead atoms. The van der Waals surface area contributed by atoms with Crippen molar-refractivity contribution in [2.24, 2.45) is 0 Å². The van der Waals surface area contributed by atoms with Crippen LogP contribution in [0.4, 0.5) is 10.5 Å². The number of aryl methyl sites for hydroxylation is 1. The number of rotatable bonds is 6. The first-order chi connectivity index (χ1) is 13.9. The molecule has 3 rings (SSSR count). The molecule has 0 saturated heterocycles. The smallest absolute Gasteiger partial charge is 0.319 e. The molecular weight excluding hydrogens is 370 g/mol. The number of carbonyl (C=O) groups excluding carboxylic acids is 2. The van der Waals surface area contributed by atoms with Crippen LogP contribution in [0, 0.1) is 6.92 Å². The van der Waals surface area contributed by atoms with Gasteiger partial charge in [-0.15, -0.1) is 0 Å². The Bertz CT molecular complexity index is 891. The summed E-state index contributed by atoms with van der Waals surface area (Å²) in [5.74, 6) is 0.439. The first-order valence-corrected chi connectivity index (χ1v) is 10.1. The summed E-state index contributed by atoms with van der Waals surface area (Å²) in [7, 11) is 1.61. The highest BCUT2D eigenvalue weighted by Crippen LogP contribution is 2.32. The van der Waals surface area contributed by atoms with Crippen LogP contribution < -0.4 is 15.4 Å². The van der Waals surface area contributed by atoms with Crippen LogP contribution in [0.2, 0.25) is 0 Å². The fourth-order valence-corrected chi connectivity index (χ4v) is 4.03. The number of fused-ring (bicyclic) bond motifs is 1. The Morgan fingerprint density at radius 3 is 2.62 bits per heavy atom. The van der Waals surface area contributed by atoms with Crippen molar-refractivity contribution in [3.63, 3.8) is 0 Å². The molecule has 0 atom stereocenters. The summed E-state index contributed by atoms with van der Waals surface area (Å²) in [5, 5.41) is 6.78. The summed E-state index contributed by atoms with van der Waals surface area (Å²) in [6.07, 6.45) is 4.82. The van der Waals surface area contributed by atoms with Gasteiger partial charge in [-0.1, -0.05) is 19.3 Å². The number of nitrogens with one attached hydrogen (secondary N) is 2. The van der Waals surface area contributed by atoms with Crippen LogP contribution in [0.1, 0.15) is 51.1 Å². The zero-order valence-corrected chi connectivity index (χ0v) is 17.3. The monoisotopic (exact) mass is 399 g/mol. The van der Waals surface area contributed by atoms with E-state index < -0.39 is 5.54 Å². The lowest BCUT2D eigenvalue weighted by atomic mass is 9.79. The lowest BCUT2D eigenvalue weighted by Gasteiger charge is -2.37. The largest absolute Gasteiger partial charge is 0.496 e. The molecule has 1 aromatic heterocycles. The number of aromatic nitrogens is 1. The van der Waals surface area contributed by atoms with Gasteiger partial charge >= 0.3 is 12.0 Å². The van der Waals surface area contributed by atoms with E-state index in [1.807, 2.05) is 31.2 Å². The number of pyridine rings is 1. The zero-order valence-electron chi connectivity index (χ0n) is 17.3. The topological polar surface area (TPSA) is 89.5 Å². The molecule has 7 heteroatoms. The van der Waals surface area contributed by atoms with Gasteiger partial charge in [0.25, 0.3) is 0 Å². The maximum Gasteiger partial charge on any atom is 0.319 e. The number of methoxy groups -OCH3 is 1. The van der Waals surface area contributed by atoms with Crippen LogP contribution >= 0.6 is 0 Å². The van der Waals surface area contributed by atoms with E-state index in [-0.39, 0.29) is 18.4 Å². The van der Waals surface area contributed by atoms with E-state index in [1.165, 1.54) is 0 Å². The molecule has 1 aromatic carbocycles. The third-order valence-electron chi connectivity index (χ3n) is 5.35. The summed E-state index contributed by atoms with van der Waals surface area (Å²) in [5.41, 5.74) is 1.76. The number of amides is 2. The van der Waals surface area contributed by atoms with Gasteiger partial charge < -0.3 is 20.1 Å². The van der Waals surface area contributed by atoms with Crippen molar-refractivity contribution in [3.05, 3.63) is 30.0 Å². The fraction of sp³-hybridized carbons (Fsp3) is 0.500. The summed E-state index contributed by atoms with van der Waals surface area (Å²) in [6, 6.07) is 7.05. The molecule has 0 unspecified atom stereocenters. The highest BCUT2D eigenvalue weighted by molar-refractivity contribution is 5.95. The van der Waals surface area contributed by atoms with E-state index >= 15 is 0 Å². The molecule has 1 heterocycles. The molecule has 1 aliphatic carbocycles. The van der Waals surface area contributed by atoms with Crippen LogP contribution in [0.15, 0.2) is 24.3 Å². The molecule has 2 aromatic rings. The van der Waals surface area contributed by atoms with Crippen LogP contribution in [0.5, 0.6) is 5.75 Å². The van der Waals surface area contributed by atoms with E-state index in [4.69, 9.17) is 9.47 Å². The zero-order chi connectivity index (χ0) is 20.9. The lowest BCUT2D eigenvalue weighted by Crippen LogP contribution is -2.52. The average Bonchev–Trinajstić information content (AvgIpc) is 2.68. The van der Waals surface area contributed by atoms with Gasteiger partial charge in [0, 0.05) is 22.8 Å². The summed E-state index contributed by atoms with van der Waals surface area (Å²) in [6.45, 7) is 4.04. The van der Waals surface area contributed by atoms with Gasteiger partial charge in [-0.3, -0.25) is 9.78 Å². The quantitative estimate of drug-likeness (QED) is 0.706. The van der Waals surface area contributed by atoms with Gasteiger partial charge in [0.1, 0.15) is 5.75 Å². The molecule has 2 N–H and O–H groups in total. The Hall–Kier alpha value is -2.83. The van der Waals surface area contributed by atoms with E-state index in [0.29, 0.717) is 18.0 Å². The Morgan fingerprint density at radius 1 is 1.17 bits per heavy atom. The number of esters is 1. The standard InChI is InChI=1S/C22H29N3O4/c1-4-29-20(26)14-22(10-6-5-7-11-22)25-21(27)24-16-8-9-18-17(13-16)19(28-3)12-15(2)23-18/h8-9,12-13H,4-7,10-11,14H2,1-3H3,(H2,24,25,27). The minimum Gasteiger partial charge on any atom is -0.496 e. The van der Waals surface area contributed by atoms with E-state index in [0.717, 1.165) is 48.7 Å². The molecule has 1 saturated carbocycles.